The lowest BCUT2D eigenvalue weighted by Gasteiger charge is -2.22. The Balaban J connectivity index is 1.52. The zero-order valence-electron chi connectivity index (χ0n) is 15.0. The zero-order valence-corrected chi connectivity index (χ0v) is 16.6. The number of nitrogens with zero attached hydrogens (tertiary/aromatic N) is 1. The van der Waals surface area contributed by atoms with Crippen molar-refractivity contribution in [3.05, 3.63) is 74.6 Å². The first-order valence-corrected chi connectivity index (χ1v) is 10.5. The lowest BCUT2D eigenvalue weighted by Crippen LogP contribution is -2.39. The van der Waals surface area contributed by atoms with Crippen LogP contribution in [0.15, 0.2) is 59.3 Å². The lowest BCUT2D eigenvalue weighted by molar-refractivity contribution is -0.0498. The Morgan fingerprint density at radius 3 is 2.11 bits per heavy atom. The van der Waals surface area contributed by atoms with Crippen molar-refractivity contribution in [2.45, 2.75) is 26.1 Å². The van der Waals surface area contributed by atoms with Crippen molar-refractivity contribution in [3.63, 3.8) is 0 Å². The minimum atomic E-state index is -2.83. The molecule has 0 fully saturated rings. The SMILES string of the molecule is O=C(NCCc1ccc(OC(F)F)cc1)N(Cc1cccs1)Cc1cccs1. The Kier molecular flexibility index (Phi) is 7.39. The molecule has 0 saturated heterocycles. The van der Waals surface area contributed by atoms with Crippen molar-refractivity contribution in [3.8, 4) is 5.75 Å². The highest BCUT2D eigenvalue weighted by Gasteiger charge is 2.15. The maximum Gasteiger partial charge on any atom is 0.387 e. The van der Waals surface area contributed by atoms with E-state index in [0.29, 0.717) is 26.1 Å². The molecule has 1 aromatic carbocycles. The predicted octanol–water partition coefficient (Wildman–Crippen LogP) is 5.37. The number of nitrogens with one attached hydrogen (secondary N) is 1. The Bertz CT molecular complexity index is 801. The van der Waals surface area contributed by atoms with Gasteiger partial charge in [-0.1, -0.05) is 24.3 Å². The third-order valence-corrected chi connectivity index (χ3v) is 5.70. The minimum absolute atomic E-state index is 0.126. The summed E-state index contributed by atoms with van der Waals surface area (Å²) >= 11 is 3.25. The molecule has 0 bridgehead atoms. The van der Waals surface area contributed by atoms with Crippen LogP contribution in [0.2, 0.25) is 0 Å². The monoisotopic (exact) mass is 422 g/mol. The van der Waals surface area contributed by atoms with Crippen LogP contribution in [0.1, 0.15) is 15.3 Å². The number of hydrogen-bond donors (Lipinski definition) is 1. The fraction of sp³-hybridized carbons (Fsp3) is 0.250. The molecule has 3 rings (SSSR count). The highest BCUT2D eigenvalue weighted by Crippen LogP contribution is 2.18. The van der Waals surface area contributed by atoms with E-state index in [9.17, 15) is 13.6 Å². The number of ether oxygens (including phenoxy) is 1. The van der Waals surface area contributed by atoms with Crippen LogP contribution >= 0.6 is 22.7 Å². The number of halogens is 2. The summed E-state index contributed by atoms with van der Waals surface area (Å²) < 4.78 is 28.7. The molecule has 0 atom stereocenters. The third kappa shape index (κ3) is 6.31. The molecule has 2 heterocycles. The van der Waals surface area contributed by atoms with Gasteiger partial charge in [-0.3, -0.25) is 0 Å². The largest absolute Gasteiger partial charge is 0.435 e. The number of urea groups is 1. The summed E-state index contributed by atoms with van der Waals surface area (Å²) in [7, 11) is 0. The summed E-state index contributed by atoms with van der Waals surface area (Å²) in [4.78, 5) is 16.7. The summed E-state index contributed by atoms with van der Waals surface area (Å²) in [5.41, 5.74) is 0.935. The molecule has 1 N–H and O–H groups in total. The van der Waals surface area contributed by atoms with E-state index in [1.54, 1.807) is 39.7 Å². The number of alkyl halides is 2. The second-order valence-electron chi connectivity index (χ2n) is 6.02. The first kappa shape index (κ1) is 20.3. The van der Waals surface area contributed by atoms with Gasteiger partial charge in [0.25, 0.3) is 0 Å². The van der Waals surface area contributed by atoms with Crippen LogP contribution in [0, 0.1) is 0 Å². The smallest absolute Gasteiger partial charge is 0.387 e. The second-order valence-corrected chi connectivity index (χ2v) is 8.08. The standard InChI is InChI=1S/C20H20F2N2O2S2/c21-19(22)26-16-7-5-15(6-8-16)9-10-23-20(25)24(13-17-3-1-11-27-17)14-18-4-2-12-28-18/h1-8,11-12,19H,9-10,13-14H2,(H,23,25). The molecule has 28 heavy (non-hydrogen) atoms. The van der Waals surface area contributed by atoms with Gasteiger partial charge in [-0.05, 0) is 47.0 Å². The van der Waals surface area contributed by atoms with Crippen molar-refractivity contribution < 1.29 is 18.3 Å². The van der Waals surface area contributed by atoms with Crippen molar-refractivity contribution >= 4 is 28.7 Å². The van der Waals surface area contributed by atoms with Gasteiger partial charge < -0.3 is 15.0 Å². The van der Waals surface area contributed by atoms with Crippen molar-refractivity contribution in [2.75, 3.05) is 6.54 Å². The summed E-state index contributed by atoms with van der Waals surface area (Å²) in [6, 6.07) is 14.3. The topological polar surface area (TPSA) is 41.6 Å². The Labute approximate surface area is 170 Å². The van der Waals surface area contributed by atoms with Gasteiger partial charge in [0.2, 0.25) is 0 Å². The molecule has 0 aliphatic heterocycles. The van der Waals surface area contributed by atoms with Gasteiger partial charge in [-0.2, -0.15) is 8.78 Å². The number of rotatable bonds is 9. The Morgan fingerprint density at radius 1 is 1.00 bits per heavy atom. The molecule has 8 heteroatoms. The molecule has 2 aromatic heterocycles. The van der Waals surface area contributed by atoms with Crippen LogP contribution in [0.25, 0.3) is 0 Å². The third-order valence-electron chi connectivity index (χ3n) is 3.98. The van der Waals surface area contributed by atoms with Crippen molar-refractivity contribution in [1.82, 2.24) is 10.2 Å². The summed E-state index contributed by atoms with van der Waals surface area (Å²) in [5, 5.41) is 6.94. The molecular formula is C20H20F2N2O2S2. The zero-order chi connectivity index (χ0) is 19.8. The Morgan fingerprint density at radius 2 is 1.61 bits per heavy atom. The second kappa shape index (κ2) is 10.2. The molecule has 4 nitrogen and oxygen atoms in total. The average molecular weight is 423 g/mol. The predicted molar refractivity (Wildman–Crippen MR) is 108 cm³/mol. The summed E-state index contributed by atoms with van der Waals surface area (Å²) in [5.74, 6) is 0.126. The van der Waals surface area contributed by atoms with E-state index in [-0.39, 0.29) is 11.8 Å². The van der Waals surface area contributed by atoms with E-state index in [4.69, 9.17) is 0 Å². The average Bonchev–Trinajstić information content (AvgIpc) is 3.36. The lowest BCUT2D eigenvalue weighted by atomic mass is 10.1. The first-order chi connectivity index (χ1) is 13.6. The van der Waals surface area contributed by atoms with Gasteiger partial charge in [-0.25, -0.2) is 4.79 Å². The van der Waals surface area contributed by atoms with Gasteiger partial charge in [-0.15, -0.1) is 22.7 Å². The molecule has 0 saturated carbocycles. The molecule has 0 radical (unpaired) electrons. The molecule has 0 spiro atoms. The summed E-state index contributed by atoms with van der Waals surface area (Å²) in [6.07, 6.45) is 0.604. The maximum atomic E-state index is 12.7. The van der Waals surface area contributed by atoms with Crippen LogP contribution < -0.4 is 10.1 Å². The van der Waals surface area contributed by atoms with Crippen LogP contribution in [0.3, 0.4) is 0 Å². The Hall–Kier alpha value is -2.45. The number of thiophene rings is 2. The molecule has 0 unspecified atom stereocenters. The van der Waals surface area contributed by atoms with Gasteiger partial charge >= 0.3 is 12.6 Å². The number of amides is 2. The molecule has 0 aliphatic rings. The van der Waals surface area contributed by atoms with E-state index in [1.165, 1.54) is 12.1 Å². The van der Waals surface area contributed by atoms with E-state index in [2.05, 4.69) is 10.1 Å². The molecule has 148 valence electrons. The fourth-order valence-corrected chi connectivity index (χ4v) is 4.08. The molecule has 2 amide bonds. The summed E-state index contributed by atoms with van der Waals surface area (Å²) in [6.45, 7) is -1.26. The number of carbonyl (C=O) groups is 1. The number of carbonyl (C=O) groups excluding carboxylic acids is 1. The van der Waals surface area contributed by atoms with Crippen molar-refractivity contribution in [1.29, 1.82) is 0 Å². The van der Waals surface area contributed by atoms with E-state index < -0.39 is 6.61 Å². The van der Waals surface area contributed by atoms with Crippen molar-refractivity contribution in [2.24, 2.45) is 0 Å². The van der Waals surface area contributed by atoms with Crippen LogP contribution in [-0.2, 0) is 19.5 Å². The number of benzene rings is 1. The number of hydrogen-bond acceptors (Lipinski definition) is 4. The van der Waals surface area contributed by atoms with Gasteiger partial charge in [0, 0.05) is 16.3 Å². The highest BCUT2D eigenvalue weighted by atomic mass is 32.1. The van der Waals surface area contributed by atoms with Gasteiger partial charge in [0.1, 0.15) is 5.75 Å². The first-order valence-electron chi connectivity index (χ1n) is 8.71. The van der Waals surface area contributed by atoms with Crippen LogP contribution in [0.5, 0.6) is 5.75 Å². The molecule has 3 aromatic rings. The quantitative estimate of drug-likeness (QED) is 0.504. The van der Waals surface area contributed by atoms with Gasteiger partial charge in [0.15, 0.2) is 0 Å². The molecular weight excluding hydrogens is 402 g/mol. The van der Waals surface area contributed by atoms with E-state index in [0.717, 1.165) is 15.3 Å². The normalized spacial score (nSPS) is 10.8. The molecule has 0 aliphatic carbocycles. The minimum Gasteiger partial charge on any atom is -0.435 e. The maximum absolute atomic E-state index is 12.7. The van der Waals surface area contributed by atoms with Gasteiger partial charge in [0.05, 0.1) is 13.1 Å². The van der Waals surface area contributed by atoms with Crippen LogP contribution in [0.4, 0.5) is 13.6 Å². The van der Waals surface area contributed by atoms with Crippen LogP contribution in [-0.4, -0.2) is 24.1 Å². The fourth-order valence-electron chi connectivity index (χ4n) is 2.64. The van der Waals surface area contributed by atoms with E-state index in [1.807, 2.05) is 35.0 Å². The van der Waals surface area contributed by atoms with E-state index >= 15 is 0 Å². The highest BCUT2D eigenvalue weighted by molar-refractivity contribution is 7.10.